The number of esters is 1. The maximum absolute atomic E-state index is 10.6. The van der Waals surface area contributed by atoms with Crippen molar-refractivity contribution in [3.8, 4) is 0 Å². The average Bonchev–Trinajstić information content (AvgIpc) is 2.00. The molecule has 0 fully saturated rings. The maximum Gasteiger partial charge on any atom is 1.00 e. The molecule has 6 nitrogen and oxygen atoms in total. The molecule has 74 valence electrons. The van der Waals surface area contributed by atoms with E-state index in [0.717, 1.165) is 0 Å². The predicted molar refractivity (Wildman–Crippen MR) is 37.5 cm³/mol. The fraction of sp³-hybridized carbons (Fsp3) is 0.571. The van der Waals surface area contributed by atoms with Crippen molar-refractivity contribution in [1.29, 1.82) is 0 Å². The minimum atomic E-state index is -1.34. The van der Waals surface area contributed by atoms with Crippen LogP contribution in [0.15, 0.2) is 0 Å². The summed E-state index contributed by atoms with van der Waals surface area (Å²) in [5.41, 5.74) is 0. The zero-order chi connectivity index (χ0) is 10.3. The van der Waals surface area contributed by atoms with Crippen LogP contribution < -0.4 is 34.7 Å². The third kappa shape index (κ3) is 11.4. The van der Waals surface area contributed by atoms with Crippen LogP contribution in [0.4, 0.5) is 0 Å². The van der Waals surface area contributed by atoms with E-state index in [9.17, 15) is 19.5 Å². The molecule has 14 heavy (non-hydrogen) atoms. The third-order valence-corrected chi connectivity index (χ3v) is 1.11. The Labute approximate surface area is 103 Å². The summed E-state index contributed by atoms with van der Waals surface area (Å²) >= 11 is 0. The van der Waals surface area contributed by atoms with E-state index in [0.29, 0.717) is 0 Å². The van der Waals surface area contributed by atoms with Crippen molar-refractivity contribution < 1.29 is 58.9 Å². The monoisotopic (exact) mass is 212 g/mol. The molecular weight excluding hydrogens is 203 g/mol. The first kappa shape index (κ1) is 15.9. The van der Waals surface area contributed by atoms with Crippen molar-refractivity contribution in [2.24, 2.45) is 0 Å². The van der Waals surface area contributed by atoms with Gasteiger partial charge in [-0.15, -0.1) is 0 Å². The van der Waals surface area contributed by atoms with E-state index in [1.165, 1.54) is 0 Å². The first-order chi connectivity index (χ1) is 6.02. The number of hydrogen-bond donors (Lipinski definition) is 1. The zero-order valence-electron chi connectivity index (χ0n) is 7.82. The van der Waals surface area contributed by atoms with Crippen molar-refractivity contribution >= 4 is 17.9 Å². The molecule has 0 saturated heterocycles. The Morgan fingerprint density at radius 1 is 1.14 bits per heavy atom. The molecule has 0 radical (unpaired) electrons. The number of carbonyl (C=O) groups is 3. The summed E-state index contributed by atoms with van der Waals surface area (Å²) in [6.45, 7) is -0.235. The van der Waals surface area contributed by atoms with Gasteiger partial charge in [0, 0.05) is 5.97 Å². The Morgan fingerprint density at radius 3 is 2.14 bits per heavy atom. The normalized spacial score (nSPS) is 8.57. The van der Waals surface area contributed by atoms with Crippen molar-refractivity contribution in [2.75, 3.05) is 6.61 Å². The SMILES string of the molecule is O=C([O-])CCC(=O)OCCC(=O)O.[Na+]. The molecule has 0 unspecified atom stereocenters. The number of carboxylic acids is 2. The molecule has 0 amide bonds. The van der Waals surface area contributed by atoms with E-state index < -0.39 is 24.3 Å². The van der Waals surface area contributed by atoms with Crippen LogP contribution in [0.25, 0.3) is 0 Å². The Morgan fingerprint density at radius 2 is 1.71 bits per heavy atom. The van der Waals surface area contributed by atoms with Crippen LogP contribution in [0.2, 0.25) is 0 Å². The summed E-state index contributed by atoms with van der Waals surface area (Å²) in [7, 11) is 0. The number of ether oxygens (including phenoxy) is 1. The molecule has 0 heterocycles. The Kier molecular flexibility index (Phi) is 10.2. The van der Waals surface area contributed by atoms with Crippen molar-refractivity contribution in [2.45, 2.75) is 19.3 Å². The molecule has 1 N–H and O–H groups in total. The second-order valence-electron chi connectivity index (χ2n) is 2.24. The molecule has 0 aromatic rings. The Hall–Kier alpha value is -0.590. The second-order valence-corrected chi connectivity index (χ2v) is 2.24. The first-order valence-corrected chi connectivity index (χ1v) is 3.59. The van der Waals surface area contributed by atoms with Gasteiger partial charge in [-0.05, 0) is 6.42 Å². The zero-order valence-corrected chi connectivity index (χ0v) is 9.82. The van der Waals surface area contributed by atoms with Crippen molar-refractivity contribution in [3.63, 3.8) is 0 Å². The molecule has 0 rings (SSSR count). The molecule has 0 bridgehead atoms. The van der Waals surface area contributed by atoms with Crippen LogP contribution in [0.3, 0.4) is 0 Å². The van der Waals surface area contributed by atoms with Gasteiger partial charge in [-0.3, -0.25) is 9.59 Å². The topological polar surface area (TPSA) is 104 Å². The van der Waals surface area contributed by atoms with Crippen molar-refractivity contribution in [3.05, 3.63) is 0 Å². The van der Waals surface area contributed by atoms with E-state index in [4.69, 9.17) is 5.11 Å². The van der Waals surface area contributed by atoms with Crippen LogP contribution >= 0.6 is 0 Å². The predicted octanol–water partition coefficient (Wildman–Crippen LogP) is -4.46. The quantitative estimate of drug-likeness (QED) is 0.352. The van der Waals surface area contributed by atoms with Gasteiger partial charge < -0.3 is 19.7 Å². The molecule has 0 aliphatic rings. The molecule has 0 aromatic carbocycles. The van der Waals surface area contributed by atoms with Gasteiger partial charge in [-0.1, -0.05) is 0 Å². The first-order valence-electron chi connectivity index (χ1n) is 3.59. The van der Waals surface area contributed by atoms with E-state index in [1.54, 1.807) is 0 Å². The number of hydrogen-bond acceptors (Lipinski definition) is 5. The van der Waals surface area contributed by atoms with E-state index in [1.807, 2.05) is 0 Å². The van der Waals surface area contributed by atoms with Gasteiger partial charge in [0.1, 0.15) is 6.61 Å². The summed E-state index contributed by atoms with van der Waals surface area (Å²) in [6, 6.07) is 0. The Balaban J connectivity index is 0. The number of rotatable bonds is 6. The minimum Gasteiger partial charge on any atom is -0.550 e. The van der Waals surface area contributed by atoms with Gasteiger partial charge in [0.15, 0.2) is 0 Å². The molecule has 7 heteroatoms. The summed E-state index contributed by atoms with van der Waals surface area (Å²) < 4.78 is 4.39. The van der Waals surface area contributed by atoms with Crippen LogP contribution in [-0.4, -0.2) is 29.6 Å². The van der Waals surface area contributed by atoms with Crippen LogP contribution in [0, 0.1) is 0 Å². The summed E-state index contributed by atoms with van der Waals surface area (Å²) in [5.74, 6) is -3.15. The largest absolute Gasteiger partial charge is 1.00 e. The minimum absolute atomic E-state index is 0. The molecule has 0 atom stereocenters. The average molecular weight is 212 g/mol. The number of carbonyl (C=O) groups excluding carboxylic acids is 2. The number of aliphatic carboxylic acids is 2. The van der Waals surface area contributed by atoms with E-state index >= 15 is 0 Å². The van der Waals surface area contributed by atoms with Crippen LogP contribution in [0.5, 0.6) is 0 Å². The fourth-order valence-electron chi connectivity index (χ4n) is 0.528. The summed E-state index contributed by atoms with van der Waals surface area (Å²) in [5, 5.41) is 18.0. The van der Waals surface area contributed by atoms with Crippen LogP contribution in [0.1, 0.15) is 19.3 Å². The molecule has 0 saturated carbocycles. The maximum atomic E-state index is 10.6. The van der Waals surface area contributed by atoms with Gasteiger partial charge in [0.25, 0.3) is 0 Å². The standard InChI is InChI=1S/C7H10O6.Na/c8-5(9)1-2-7(12)13-4-3-6(10)11;/h1-4H2,(H,8,9)(H,10,11);/q;+1/p-1. The van der Waals surface area contributed by atoms with Gasteiger partial charge >= 0.3 is 41.5 Å². The molecule has 0 aromatic heterocycles. The van der Waals surface area contributed by atoms with Crippen LogP contribution in [-0.2, 0) is 19.1 Å². The second kappa shape index (κ2) is 8.98. The smallest absolute Gasteiger partial charge is 0.550 e. The molecule has 0 spiro atoms. The molecule has 0 aliphatic heterocycles. The molecular formula is C7H9NaO6. The van der Waals surface area contributed by atoms with Gasteiger partial charge in [0.05, 0.1) is 12.8 Å². The van der Waals surface area contributed by atoms with E-state index in [-0.39, 0.29) is 49.0 Å². The van der Waals surface area contributed by atoms with Crippen molar-refractivity contribution in [1.82, 2.24) is 0 Å². The summed E-state index contributed by atoms with van der Waals surface area (Å²) in [4.78, 5) is 30.4. The van der Waals surface area contributed by atoms with Gasteiger partial charge in [-0.25, -0.2) is 0 Å². The van der Waals surface area contributed by atoms with E-state index in [2.05, 4.69) is 4.74 Å². The fourth-order valence-corrected chi connectivity index (χ4v) is 0.528. The van der Waals surface area contributed by atoms with Gasteiger partial charge in [-0.2, -0.15) is 0 Å². The summed E-state index contributed by atoms with van der Waals surface area (Å²) in [6.07, 6.45) is -0.981. The third-order valence-electron chi connectivity index (χ3n) is 1.11. The molecule has 0 aliphatic carbocycles. The van der Waals surface area contributed by atoms with Gasteiger partial charge in [0.2, 0.25) is 0 Å². The number of carboxylic acid groups (broad SMARTS) is 2. The Bertz CT molecular complexity index is 214.